The molecule has 0 saturated heterocycles. The van der Waals surface area contributed by atoms with Crippen LogP contribution in [0.15, 0.2) is 42.5 Å². The minimum atomic E-state index is -0.210. The van der Waals surface area contributed by atoms with Crippen LogP contribution >= 0.6 is 22.6 Å². The molecule has 4 heteroatoms. The summed E-state index contributed by atoms with van der Waals surface area (Å²) in [6.07, 6.45) is 0.161. The van der Waals surface area contributed by atoms with Gasteiger partial charge in [0.2, 0.25) is 0 Å². The Morgan fingerprint density at radius 3 is 2.29 bits per heavy atom. The van der Waals surface area contributed by atoms with Gasteiger partial charge in [0.05, 0.1) is 12.1 Å². The van der Waals surface area contributed by atoms with Crippen LogP contribution in [0, 0.1) is 9.39 Å². The molecule has 0 radical (unpaired) electrons. The van der Waals surface area contributed by atoms with E-state index < -0.39 is 0 Å². The first kappa shape index (κ1) is 16.2. The van der Waals surface area contributed by atoms with Crippen molar-refractivity contribution in [1.82, 2.24) is 5.32 Å². The summed E-state index contributed by atoms with van der Waals surface area (Å²) < 4.78 is 19.8. The Labute approximate surface area is 138 Å². The van der Waals surface area contributed by atoms with Crippen LogP contribution in [-0.4, -0.2) is 13.2 Å². The molecule has 0 fully saturated rings. The van der Waals surface area contributed by atoms with Gasteiger partial charge in [-0.2, -0.15) is 0 Å². The predicted molar refractivity (Wildman–Crippen MR) is 92.2 cm³/mol. The standard InChI is InChI=1S/C17H19FINO/c1-11(2)21-14-7-4-12(5-8-14)17(20-3)15-9-6-13(18)10-16(15)19/h4-11,17,20H,1-3H3. The molecule has 1 unspecified atom stereocenters. The first-order valence-corrected chi connectivity index (χ1v) is 7.98. The quantitative estimate of drug-likeness (QED) is 0.747. The summed E-state index contributed by atoms with van der Waals surface area (Å²) in [5, 5.41) is 3.29. The third kappa shape index (κ3) is 4.17. The van der Waals surface area contributed by atoms with E-state index in [9.17, 15) is 4.39 Å². The molecule has 1 N–H and O–H groups in total. The molecule has 0 aliphatic rings. The molecule has 0 aromatic heterocycles. The summed E-state index contributed by atoms with van der Waals surface area (Å²) in [5.41, 5.74) is 2.19. The second-order valence-electron chi connectivity index (χ2n) is 5.12. The number of halogens is 2. The van der Waals surface area contributed by atoms with Crippen molar-refractivity contribution in [3.8, 4) is 5.75 Å². The van der Waals surface area contributed by atoms with E-state index in [-0.39, 0.29) is 18.0 Å². The van der Waals surface area contributed by atoms with Crippen molar-refractivity contribution in [2.45, 2.75) is 26.0 Å². The van der Waals surface area contributed by atoms with Gasteiger partial charge in [0, 0.05) is 3.57 Å². The van der Waals surface area contributed by atoms with Gasteiger partial charge >= 0.3 is 0 Å². The van der Waals surface area contributed by atoms with Gasteiger partial charge in [-0.3, -0.25) is 0 Å². The van der Waals surface area contributed by atoms with E-state index in [1.54, 1.807) is 6.07 Å². The largest absolute Gasteiger partial charge is 0.491 e. The lowest BCUT2D eigenvalue weighted by Gasteiger charge is -2.19. The summed E-state index contributed by atoms with van der Waals surface area (Å²) in [7, 11) is 1.91. The lowest BCUT2D eigenvalue weighted by Crippen LogP contribution is -2.18. The zero-order chi connectivity index (χ0) is 15.4. The van der Waals surface area contributed by atoms with E-state index in [1.165, 1.54) is 6.07 Å². The molecular weight excluding hydrogens is 380 g/mol. The van der Waals surface area contributed by atoms with E-state index >= 15 is 0 Å². The van der Waals surface area contributed by atoms with Crippen molar-refractivity contribution in [2.24, 2.45) is 0 Å². The van der Waals surface area contributed by atoms with Gasteiger partial charge in [-0.1, -0.05) is 18.2 Å². The van der Waals surface area contributed by atoms with E-state index in [0.717, 1.165) is 20.4 Å². The second kappa shape index (κ2) is 7.22. The fourth-order valence-corrected chi connectivity index (χ4v) is 3.04. The fourth-order valence-electron chi connectivity index (χ4n) is 2.25. The van der Waals surface area contributed by atoms with Crippen LogP contribution in [0.3, 0.4) is 0 Å². The molecule has 0 aliphatic carbocycles. The molecule has 2 rings (SSSR count). The van der Waals surface area contributed by atoms with Crippen LogP contribution in [-0.2, 0) is 0 Å². The molecule has 0 aliphatic heterocycles. The third-order valence-electron chi connectivity index (χ3n) is 3.15. The van der Waals surface area contributed by atoms with Gasteiger partial charge in [0.25, 0.3) is 0 Å². The molecule has 0 bridgehead atoms. The van der Waals surface area contributed by atoms with E-state index in [1.807, 2.05) is 51.2 Å². The van der Waals surface area contributed by atoms with E-state index in [4.69, 9.17) is 4.74 Å². The molecule has 112 valence electrons. The first-order chi connectivity index (χ1) is 10.0. The van der Waals surface area contributed by atoms with E-state index in [0.29, 0.717) is 0 Å². The summed E-state index contributed by atoms with van der Waals surface area (Å²) in [6, 6.07) is 12.9. The van der Waals surface area contributed by atoms with Crippen molar-refractivity contribution in [1.29, 1.82) is 0 Å². The maximum absolute atomic E-state index is 13.2. The Morgan fingerprint density at radius 1 is 1.10 bits per heavy atom. The van der Waals surface area contributed by atoms with Crippen molar-refractivity contribution in [2.75, 3.05) is 7.05 Å². The Bertz CT molecular complexity index is 598. The summed E-state index contributed by atoms with van der Waals surface area (Å²) in [5.74, 6) is 0.649. The van der Waals surface area contributed by atoms with Crippen molar-refractivity contribution < 1.29 is 9.13 Å². The Hall–Kier alpha value is -1.14. The molecule has 2 nitrogen and oxygen atoms in total. The van der Waals surface area contributed by atoms with Crippen molar-refractivity contribution >= 4 is 22.6 Å². The monoisotopic (exact) mass is 399 g/mol. The molecule has 0 spiro atoms. The topological polar surface area (TPSA) is 21.3 Å². The number of ether oxygens (including phenoxy) is 1. The molecule has 21 heavy (non-hydrogen) atoms. The average Bonchev–Trinajstić information content (AvgIpc) is 2.43. The van der Waals surface area contributed by atoms with Crippen LogP contribution in [0.4, 0.5) is 4.39 Å². The summed E-state index contributed by atoms with van der Waals surface area (Å²) in [6.45, 7) is 4.01. The lowest BCUT2D eigenvalue weighted by atomic mass is 9.99. The van der Waals surface area contributed by atoms with Gasteiger partial charge in [-0.05, 0) is 78.9 Å². The molecule has 2 aromatic carbocycles. The molecule has 0 saturated carbocycles. The Balaban J connectivity index is 2.28. The average molecular weight is 399 g/mol. The maximum atomic E-state index is 13.2. The van der Waals surface area contributed by atoms with Gasteiger partial charge < -0.3 is 10.1 Å². The number of benzene rings is 2. The second-order valence-corrected chi connectivity index (χ2v) is 6.29. The highest BCUT2D eigenvalue weighted by Crippen LogP contribution is 2.28. The molecular formula is C17H19FINO. The summed E-state index contributed by atoms with van der Waals surface area (Å²) >= 11 is 2.17. The van der Waals surface area contributed by atoms with E-state index in [2.05, 4.69) is 27.9 Å². The highest BCUT2D eigenvalue weighted by molar-refractivity contribution is 14.1. The van der Waals surface area contributed by atoms with Crippen molar-refractivity contribution in [3.63, 3.8) is 0 Å². The smallest absolute Gasteiger partial charge is 0.124 e. The SMILES string of the molecule is CNC(c1ccc(OC(C)C)cc1)c1ccc(F)cc1I. The number of rotatable bonds is 5. The third-order valence-corrected chi connectivity index (χ3v) is 4.08. The number of hydrogen-bond donors (Lipinski definition) is 1. The molecule has 1 atom stereocenters. The highest BCUT2D eigenvalue weighted by atomic mass is 127. The fraction of sp³-hybridized carbons (Fsp3) is 0.294. The zero-order valence-corrected chi connectivity index (χ0v) is 14.5. The zero-order valence-electron chi connectivity index (χ0n) is 12.4. The highest BCUT2D eigenvalue weighted by Gasteiger charge is 2.15. The normalized spacial score (nSPS) is 12.5. The van der Waals surface area contributed by atoms with Crippen LogP contribution in [0.2, 0.25) is 0 Å². The molecule has 0 heterocycles. The Kier molecular flexibility index (Phi) is 5.58. The minimum Gasteiger partial charge on any atom is -0.491 e. The molecule has 2 aromatic rings. The van der Waals surface area contributed by atoms with Crippen LogP contribution in [0.5, 0.6) is 5.75 Å². The lowest BCUT2D eigenvalue weighted by molar-refractivity contribution is 0.242. The minimum absolute atomic E-state index is 0.0330. The summed E-state index contributed by atoms with van der Waals surface area (Å²) in [4.78, 5) is 0. The number of nitrogens with one attached hydrogen (secondary N) is 1. The predicted octanol–water partition coefficient (Wildman–Crippen LogP) is 4.53. The van der Waals surface area contributed by atoms with Crippen molar-refractivity contribution in [3.05, 3.63) is 63.0 Å². The van der Waals surface area contributed by atoms with Crippen LogP contribution < -0.4 is 10.1 Å². The van der Waals surface area contributed by atoms with Gasteiger partial charge in [0.15, 0.2) is 0 Å². The van der Waals surface area contributed by atoms with Gasteiger partial charge in [-0.15, -0.1) is 0 Å². The maximum Gasteiger partial charge on any atom is 0.124 e. The first-order valence-electron chi connectivity index (χ1n) is 6.90. The van der Waals surface area contributed by atoms with Crippen LogP contribution in [0.1, 0.15) is 31.0 Å². The van der Waals surface area contributed by atoms with Gasteiger partial charge in [-0.25, -0.2) is 4.39 Å². The number of hydrogen-bond acceptors (Lipinski definition) is 2. The van der Waals surface area contributed by atoms with Crippen LogP contribution in [0.25, 0.3) is 0 Å². The molecule has 0 amide bonds. The van der Waals surface area contributed by atoms with Gasteiger partial charge in [0.1, 0.15) is 11.6 Å². The Morgan fingerprint density at radius 2 is 1.76 bits per heavy atom.